The molecule has 1 aromatic carbocycles. The number of carbonyl (C=O) groups excluding carboxylic acids is 1. The maximum absolute atomic E-state index is 13.3. The fourth-order valence-electron chi connectivity index (χ4n) is 3.95. The van der Waals surface area contributed by atoms with Crippen molar-refractivity contribution in [3.63, 3.8) is 0 Å². The first-order valence-electron chi connectivity index (χ1n) is 9.60. The summed E-state index contributed by atoms with van der Waals surface area (Å²) in [5.74, 6) is 0.165. The number of nitrogens with one attached hydrogen (secondary N) is 1. The highest BCUT2D eigenvalue weighted by molar-refractivity contribution is 6.23. The van der Waals surface area contributed by atoms with Gasteiger partial charge in [-0.2, -0.15) is 0 Å². The molecule has 2 aliphatic rings. The van der Waals surface area contributed by atoms with Crippen LogP contribution in [-0.2, 0) is 22.7 Å². The van der Waals surface area contributed by atoms with Crippen LogP contribution in [0, 0.1) is 5.41 Å². The van der Waals surface area contributed by atoms with E-state index >= 15 is 0 Å². The Bertz CT molecular complexity index is 840. The first-order valence-corrected chi connectivity index (χ1v) is 9.60. The summed E-state index contributed by atoms with van der Waals surface area (Å²) >= 11 is 0. The molecule has 2 aromatic rings. The third-order valence-electron chi connectivity index (χ3n) is 5.70. The maximum Gasteiger partial charge on any atom is 0.172 e. The Morgan fingerprint density at radius 1 is 1.19 bits per heavy atom. The Hall–Kier alpha value is -2.53. The van der Waals surface area contributed by atoms with E-state index in [0.717, 1.165) is 37.1 Å². The fraction of sp³-hybridized carbons (Fsp3) is 0.409. The predicted molar refractivity (Wildman–Crippen MR) is 103 cm³/mol. The smallest absolute Gasteiger partial charge is 0.172 e. The second-order valence-corrected chi connectivity index (χ2v) is 7.68. The minimum Gasteiger partial charge on any atom is -0.385 e. The van der Waals surface area contributed by atoms with Gasteiger partial charge in [0.1, 0.15) is 0 Å². The molecule has 0 radical (unpaired) electrons. The number of hydrogen-bond donors (Lipinski definition) is 1. The van der Waals surface area contributed by atoms with E-state index in [0.29, 0.717) is 18.7 Å². The molecule has 1 aliphatic heterocycles. The van der Waals surface area contributed by atoms with Crippen LogP contribution in [-0.4, -0.2) is 21.9 Å². The number of allylic oxidation sites excluding steroid dienone is 1. The molecule has 0 amide bonds. The molecule has 0 bridgehead atoms. The second kappa shape index (κ2) is 7.61. The van der Waals surface area contributed by atoms with E-state index in [9.17, 15) is 4.79 Å². The molecule has 0 saturated heterocycles. The molecule has 4 rings (SSSR count). The van der Waals surface area contributed by atoms with E-state index in [-0.39, 0.29) is 17.3 Å². The quantitative estimate of drug-likeness (QED) is 0.878. The molecule has 5 heteroatoms. The van der Waals surface area contributed by atoms with Gasteiger partial charge in [0.05, 0.1) is 36.2 Å². The van der Waals surface area contributed by atoms with Gasteiger partial charge in [-0.3, -0.25) is 14.8 Å². The third-order valence-corrected chi connectivity index (χ3v) is 5.70. The Morgan fingerprint density at radius 3 is 2.70 bits per heavy atom. The lowest BCUT2D eigenvalue weighted by Crippen LogP contribution is -2.37. The Balaban J connectivity index is 1.39. The number of rotatable bonds is 5. The number of ether oxygens (including phenoxy) is 1. The molecule has 1 saturated carbocycles. The van der Waals surface area contributed by atoms with E-state index in [4.69, 9.17) is 4.74 Å². The zero-order chi connectivity index (χ0) is 18.7. The number of hydrogen-bond acceptors (Lipinski definition) is 5. The zero-order valence-corrected chi connectivity index (χ0v) is 15.6. The lowest BCUT2D eigenvalue weighted by molar-refractivity contribution is -0.125. The molecule has 0 spiro atoms. The highest BCUT2D eigenvalue weighted by Crippen LogP contribution is 2.41. The van der Waals surface area contributed by atoms with Gasteiger partial charge in [-0.15, -0.1) is 0 Å². The molecular formula is C22H25N3O2. The van der Waals surface area contributed by atoms with Crippen LogP contribution in [0.15, 0.2) is 48.9 Å². The number of aromatic nitrogens is 2. The van der Waals surface area contributed by atoms with Crippen molar-refractivity contribution in [1.82, 2.24) is 15.3 Å². The minimum atomic E-state index is -0.369. The molecule has 2 heterocycles. The van der Waals surface area contributed by atoms with Crippen molar-refractivity contribution in [2.24, 2.45) is 5.41 Å². The van der Waals surface area contributed by atoms with E-state index in [2.05, 4.69) is 34.3 Å². The molecule has 0 atom stereocenters. The average Bonchev–Trinajstić information content (AvgIpc) is 2.73. The summed E-state index contributed by atoms with van der Waals surface area (Å²) in [5.41, 5.74) is 3.05. The van der Waals surface area contributed by atoms with Crippen molar-refractivity contribution in [3.8, 4) is 0 Å². The summed E-state index contributed by atoms with van der Waals surface area (Å²) < 4.78 is 6.08. The van der Waals surface area contributed by atoms with Crippen LogP contribution in [0.2, 0.25) is 0 Å². The normalized spacial score (nSPS) is 24.5. The molecule has 140 valence electrons. The summed E-state index contributed by atoms with van der Waals surface area (Å²) in [4.78, 5) is 22.1. The molecule has 1 N–H and O–H groups in total. The van der Waals surface area contributed by atoms with Crippen molar-refractivity contribution in [1.29, 1.82) is 0 Å². The van der Waals surface area contributed by atoms with Gasteiger partial charge in [-0.05, 0) is 31.2 Å². The van der Waals surface area contributed by atoms with Gasteiger partial charge in [0, 0.05) is 24.0 Å². The van der Waals surface area contributed by atoms with E-state index in [1.807, 2.05) is 24.4 Å². The van der Waals surface area contributed by atoms with Crippen LogP contribution >= 0.6 is 0 Å². The van der Waals surface area contributed by atoms with Gasteiger partial charge in [-0.25, -0.2) is 0 Å². The summed E-state index contributed by atoms with van der Waals surface area (Å²) in [7, 11) is 0. The summed E-state index contributed by atoms with van der Waals surface area (Å²) in [6, 6.07) is 10.2. The predicted octanol–water partition coefficient (Wildman–Crippen LogP) is 3.66. The van der Waals surface area contributed by atoms with Gasteiger partial charge in [-0.1, -0.05) is 37.3 Å². The van der Waals surface area contributed by atoms with Crippen molar-refractivity contribution in [3.05, 3.63) is 65.9 Å². The van der Waals surface area contributed by atoms with Crippen molar-refractivity contribution >= 4 is 11.4 Å². The van der Waals surface area contributed by atoms with Crippen LogP contribution < -0.4 is 5.32 Å². The van der Waals surface area contributed by atoms with Gasteiger partial charge in [0.15, 0.2) is 5.78 Å². The number of Topliss-reactive ketones (excluding diaryl/α,β-unsaturated/α-hetero) is 1. The molecule has 5 nitrogen and oxygen atoms in total. The number of benzene rings is 1. The molecule has 0 unspecified atom stereocenters. The molecular weight excluding hydrogens is 338 g/mol. The average molecular weight is 363 g/mol. The second-order valence-electron chi connectivity index (χ2n) is 7.68. The largest absolute Gasteiger partial charge is 0.385 e. The van der Waals surface area contributed by atoms with Crippen LogP contribution in [0.25, 0.3) is 5.57 Å². The standard InChI is InChI=1S/C22H25N3O2/c1-22(21(26)18-13-23-14-19-20(18)25-12-11-24-19)9-7-17(8-10-22)27-15-16-5-3-2-4-6-16/h2-6,11-13,17,23H,7-10,14-15H2,1H3. The Kier molecular flexibility index (Phi) is 5.03. The van der Waals surface area contributed by atoms with Gasteiger partial charge < -0.3 is 10.1 Å². The van der Waals surface area contributed by atoms with Crippen LogP contribution in [0.3, 0.4) is 0 Å². The van der Waals surface area contributed by atoms with Crippen LogP contribution in [0.1, 0.15) is 49.6 Å². The van der Waals surface area contributed by atoms with E-state index < -0.39 is 0 Å². The van der Waals surface area contributed by atoms with Gasteiger partial charge >= 0.3 is 0 Å². The molecule has 27 heavy (non-hydrogen) atoms. The molecule has 1 aromatic heterocycles. The summed E-state index contributed by atoms with van der Waals surface area (Å²) in [6.07, 6.45) is 8.83. The third kappa shape index (κ3) is 3.78. The Labute approximate surface area is 159 Å². The first-order chi connectivity index (χ1) is 13.2. The minimum absolute atomic E-state index is 0.165. The highest BCUT2D eigenvalue weighted by atomic mass is 16.5. The summed E-state index contributed by atoms with van der Waals surface area (Å²) in [5, 5.41) is 3.17. The van der Waals surface area contributed by atoms with Crippen LogP contribution in [0.4, 0.5) is 0 Å². The van der Waals surface area contributed by atoms with Gasteiger partial charge in [0.25, 0.3) is 0 Å². The maximum atomic E-state index is 13.3. The summed E-state index contributed by atoms with van der Waals surface area (Å²) in [6.45, 7) is 3.33. The number of carbonyl (C=O) groups is 1. The fourth-order valence-corrected chi connectivity index (χ4v) is 3.95. The van der Waals surface area contributed by atoms with E-state index in [1.54, 1.807) is 12.4 Å². The van der Waals surface area contributed by atoms with E-state index in [1.165, 1.54) is 5.56 Å². The number of fused-ring (bicyclic) bond motifs is 1. The van der Waals surface area contributed by atoms with Crippen molar-refractivity contribution in [2.75, 3.05) is 0 Å². The highest BCUT2D eigenvalue weighted by Gasteiger charge is 2.40. The molecule has 1 fully saturated rings. The molecule has 1 aliphatic carbocycles. The lowest BCUT2D eigenvalue weighted by atomic mass is 9.69. The Morgan fingerprint density at radius 2 is 1.93 bits per heavy atom. The van der Waals surface area contributed by atoms with Gasteiger partial charge in [0.2, 0.25) is 0 Å². The van der Waals surface area contributed by atoms with Crippen LogP contribution in [0.5, 0.6) is 0 Å². The van der Waals surface area contributed by atoms with Crippen molar-refractivity contribution in [2.45, 2.75) is 51.9 Å². The van der Waals surface area contributed by atoms with Crippen molar-refractivity contribution < 1.29 is 9.53 Å². The monoisotopic (exact) mass is 363 g/mol. The number of ketones is 1. The SMILES string of the molecule is CC1(C(=O)C2=CNCc3nccnc32)CCC(OCc2ccccc2)CC1. The lowest BCUT2D eigenvalue weighted by Gasteiger charge is -2.37. The number of nitrogens with zero attached hydrogens (tertiary/aromatic N) is 2. The first kappa shape index (κ1) is 17.9. The zero-order valence-electron chi connectivity index (χ0n) is 15.6. The topological polar surface area (TPSA) is 64.1 Å².